The van der Waals surface area contributed by atoms with Gasteiger partial charge in [-0.15, -0.1) is 0 Å². The van der Waals surface area contributed by atoms with Gasteiger partial charge in [0, 0.05) is 24.0 Å². The highest BCUT2D eigenvalue weighted by molar-refractivity contribution is 6.10. The van der Waals surface area contributed by atoms with Crippen molar-refractivity contribution in [3.05, 3.63) is 54.5 Å². The SMILES string of the molecule is C#CN1C=CC2=NC(C(=O)Nc3ccccc3)=C[N+]2C1. The van der Waals surface area contributed by atoms with Gasteiger partial charge in [0.25, 0.3) is 11.7 Å². The number of nitrogens with one attached hydrogen (secondary N) is 1. The maximum atomic E-state index is 12.1. The summed E-state index contributed by atoms with van der Waals surface area (Å²) in [4.78, 5) is 19.9. The lowest BCUT2D eigenvalue weighted by Gasteiger charge is -2.14. The zero-order valence-corrected chi connectivity index (χ0v) is 10.7. The van der Waals surface area contributed by atoms with Crippen LogP contribution in [-0.4, -0.2) is 23.3 Å². The van der Waals surface area contributed by atoms with E-state index >= 15 is 0 Å². The van der Waals surface area contributed by atoms with Crippen LogP contribution in [0, 0.1) is 12.5 Å². The standard InChI is InChI=1S/C15H12N4O/c1-2-18-9-8-14-17-13(10-19(14)11-18)15(20)16-12-6-4-3-5-7-12/h1,3-10H,11H2,(H,16,20)/q+1. The van der Waals surface area contributed by atoms with Crippen LogP contribution in [0.4, 0.5) is 5.69 Å². The summed E-state index contributed by atoms with van der Waals surface area (Å²) in [6.45, 7) is 0.494. The van der Waals surface area contributed by atoms with Crippen molar-refractivity contribution >= 4 is 17.4 Å². The molecule has 1 aromatic carbocycles. The van der Waals surface area contributed by atoms with E-state index in [0.717, 1.165) is 11.5 Å². The van der Waals surface area contributed by atoms with Crippen LogP contribution >= 0.6 is 0 Å². The molecule has 1 N–H and O–H groups in total. The number of fused-ring (bicyclic) bond motifs is 1. The van der Waals surface area contributed by atoms with Crippen molar-refractivity contribution in [3.63, 3.8) is 0 Å². The molecule has 0 atom stereocenters. The van der Waals surface area contributed by atoms with E-state index in [4.69, 9.17) is 6.42 Å². The van der Waals surface area contributed by atoms with Crippen molar-refractivity contribution in [1.29, 1.82) is 0 Å². The number of aliphatic imine (C=N–C) groups is 1. The van der Waals surface area contributed by atoms with Gasteiger partial charge >= 0.3 is 0 Å². The lowest BCUT2D eigenvalue weighted by Crippen LogP contribution is -2.39. The van der Waals surface area contributed by atoms with E-state index in [9.17, 15) is 4.79 Å². The molecular formula is C15H12N4O+. The Morgan fingerprint density at radius 2 is 2.20 bits per heavy atom. The normalized spacial score (nSPS) is 17.1. The summed E-state index contributed by atoms with van der Waals surface area (Å²) >= 11 is 0. The van der Waals surface area contributed by atoms with Gasteiger partial charge in [-0.2, -0.15) is 4.99 Å². The summed E-state index contributed by atoms with van der Waals surface area (Å²) in [5.41, 5.74) is 1.11. The van der Waals surface area contributed by atoms with Crippen LogP contribution in [0.5, 0.6) is 0 Å². The lowest BCUT2D eigenvalue weighted by molar-refractivity contribution is -0.112. The highest BCUT2D eigenvalue weighted by Gasteiger charge is 2.34. The Labute approximate surface area is 116 Å². The minimum atomic E-state index is -0.237. The first-order chi connectivity index (χ1) is 9.76. The number of carbonyl (C=O) groups is 1. The molecule has 0 saturated carbocycles. The van der Waals surface area contributed by atoms with E-state index in [1.807, 2.05) is 35.2 Å². The van der Waals surface area contributed by atoms with E-state index in [1.54, 1.807) is 23.4 Å². The Bertz CT molecular complexity index is 667. The predicted molar refractivity (Wildman–Crippen MR) is 77.4 cm³/mol. The molecule has 2 aliphatic rings. The van der Waals surface area contributed by atoms with Gasteiger partial charge in [-0.25, -0.2) is 0 Å². The summed E-state index contributed by atoms with van der Waals surface area (Å²) < 4.78 is 0. The van der Waals surface area contributed by atoms with Crippen LogP contribution in [0.1, 0.15) is 0 Å². The van der Waals surface area contributed by atoms with Crippen molar-refractivity contribution in [2.45, 2.75) is 0 Å². The van der Waals surface area contributed by atoms with Gasteiger partial charge in [0.1, 0.15) is 0 Å². The number of benzene rings is 1. The first kappa shape index (κ1) is 12.2. The fourth-order valence-electron chi connectivity index (χ4n) is 1.95. The number of hydrogen-bond donors (Lipinski definition) is 1. The molecule has 0 aliphatic carbocycles. The summed E-state index contributed by atoms with van der Waals surface area (Å²) in [5, 5.41) is 2.80. The fraction of sp³-hybridized carbons (Fsp3) is 0.0667. The third-order valence-corrected chi connectivity index (χ3v) is 2.95. The highest BCUT2D eigenvalue weighted by Crippen LogP contribution is 2.16. The number of carbonyl (C=O) groups excluding carboxylic acids is 1. The third-order valence-electron chi connectivity index (χ3n) is 2.95. The molecular weight excluding hydrogens is 252 g/mol. The van der Waals surface area contributed by atoms with Crippen LogP contribution < -0.4 is 10.2 Å². The summed E-state index contributed by atoms with van der Waals surface area (Å²) in [7, 11) is 0. The Morgan fingerprint density at radius 1 is 1.40 bits per heavy atom. The van der Waals surface area contributed by atoms with Crippen LogP contribution in [0.2, 0.25) is 0 Å². The molecule has 0 saturated heterocycles. The Morgan fingerprint density at radius 3 is 2.95 bits per heavy atom. The highest BCUT2D eigenvalue weighted by atomic mass is 16.2. The molecule has 5 heteroatoms. The first-order valence-corrected chi connectivity index (χ1v) is 6.11. The lowest BCUT2D eigenvalue weighted by atomic mass is 10.3. The average Bonchev–Trinajstić information content (AvgIpc) is 2.91. The van der Waals surface area contributed by atoms with Crippen molar-refractivity contribution in [2.24, 2.45) is 4.99 Å². The van der Waals surface area contributed by atoms with Gasteiger partial charge in [-0.3, -0.25) is 9.69 Å². The average molecular weight is 264 g/mol. The Balaban J connectivity index is 1.74. The van der Waals surface area contributed by atoms with Crippen molar-refractivity contribution in [3.8, 4) is 12.5 Å². The van der Waals surface area contributed by atoms with Crippen molar-refractivity contribution in [2.75, 3.05) is 12.0 Å². The predicted octanol–water partition coefficient (Wildman–Crippen LogP) is 1.40. The summed E-state index contributed by atoms with van der Waals surface area (Å²) in [6.07, 6.45) is 10.6. The van der Waals surface area contributed by atoms with Crippen LogP contribution in [0.25, 0.3) is 0 Å². The smallest absolute Gasteiger partial charge is 0.285 e. The summed E-state index contributed by atoms with van der Waals surface area (Å²) in [5.74, 6) is 0.480. The van der Waals surface area contributed by atoms with Crippen LogP contribution in [-0.2, 0) is 4.79 Å². The van der Waals surface area contributed by atoms with Gasteiger partial charge in [0.05, 0.1) is 0 Å². The monoisotopic (exact) mass is 264 g/mol. The maximum Gasteiger partial charge on any atom is 0.285 e. The minimum Gasteiger partial charge on any atom is -0.320 e. The van der Waals surface area contributed by atoms with Crippen molar-refractivity contribution in [1.82, 2.24) is 9.80 Å². The molecule has 2 aliphatic heterocycles. The number of rotatable bonds is 2. The molecule has 5 nitrogen and oxygen atoms in total. The summed E-state index contributed by atoms with van der Waals surface area (Å²) in [6, 6.07) is 11.8. The molecule has 97 valence electrons. The third kappa shape index (κ3) is 2.32. The second-order valence-electron chi connectivity index (χ2n) is 4.33. The van der Waals surface area contributed by atoms with E-state index in [-0.39, 0.29) is 5.91 Å². The Hall–Kier alpha value is -2.84. The number of terminal acetylenes is 1. The molecule has 3 rings (SSSR count). The minimum absolute atomic E-state index is 0.237. The van der Waals surface area contributed by atoms with Crippen LogP contribution in [0.15, 0.2) is 59.5 Å². The second kappa shape index (κ2) is 5.03. The molecule has 1 aromatic rings. The molecule has 0 spiro atoms. The molecule has 1 radical (unpaired) electrons. The number of anilines is 1. The van der Waals surface area contributed by atoms with Gasteiger partial charge in [-0.1, -0.05) is 29.5 Å². The molecule has 0 aromatic heterocycles. The second-order valence-corrected chi connectivity index (χ2v) is 4.33. The fourth-order valence-corrected chi connectivity index (χ4v) is 1.95. The van der Waals surface area contributed by atoms with E-state index in [2.05, 4.69) is 16.4 Å². The molecule has 20 heavy (non-hydrogen) atoms. The zero-order chi connectivity index (χ0) is 13.9. The van der Waals surface area contributed by atoms with Gasteiger partial charge in [0.2, 0.25) is 6.67 Å². The zero-order valence-electron chi connectivity index (χ0n) is 10.7. The molecule has 1 amide bonds. The van der Waals surface area contributed by atoms with Gasteiger partial charge < -0.3 is 5.32 Å². The van der Waals surface area contributed by atoms with E-state index < -0.39 is 0 Å². The van der Waals surface area contributed by atoms with E-state index in [1.165, 1.54) is 0 Å². The molecule has 0 unspecified atom stereocenters. The van der Waals surface area contributed by atoms with Crippen molar-refractivity contribution < 1.29 is 4.79 Å². The van der Waals surface area contributed by atoms with Crippen LogP contribution in [0.3, 0.4) is 0 Å². The largest absolute Gasteiger partial charge is 0.320 e. The number of amidine groups is 1. The Kier molecular flexibility index (Phi) is 3.07. The van der Waals surface area contributed by atoms with E-state index in [0.29, 0.717) is 12.4 Å². The quantitative estimate of drug-likeness (QED) is 0.648. The molecule has 0 fully saturated rings. The molecule has 2 heterocycles. The topological polar surface area (TPSA) is 50.6 Å². The maximum absolute atomic E-state index is 12.1. The first-order valence-electron chi connectivity index (χ1n) is 6.11. The number of nitrogens with zero attached hydrogens (tertiary/aromatic N) is 3. The van der Waals surface area contributed by atoms with Gasteiger partial charge in [0.15, 0.2) is 11.9 Å². The van der Waals surface area contributed by atoms with Gasteiger partial charge in [-0.05, 0) is 12.1 Å². The number of para-hydroxylation sites is 1. The number of hydrogen-bond acceptors (Lipinski definition) is 4. The molecule has 0 bridgehead atoms. The number of amides is 1.